The molecule has 0 radical (unpaired) electrons. The molecular weight excluding hydrogens is 282 g/mol. The summed E-state index contributed by atoms with van der Waals surface area (Å²) in [7, 11) is 0. The smallest absolute Gasteiger partial charge is 0.248 e. The highest BCUT2D eigenvalue weighted by molar-refractivity contribution is 5.93. The van der Waals surface area contributed by atoms with Gasteiger partial charge in [0.1, 0.15) is 5.75 Å². The van der Waals surface area contributed by atoms with Crippen LogP contribution in [0, 0.1) is 0 Å². The number of carbonyl (C=O) groups excluding carboxylic acids is 2. The van der Waals surface area contributed by atoms with Gasteiger partial charge in [0.2, 0.25) is 11.8 Å². The lowest BCUT2D eigenvalue weighted by atomic mass is 10.1. The van der Waals surface area contributed by atoms with Crippen LogP contribution in [-0.2, 0) is 4.79 Å². The number of rotatable bonds is 5. The fourth-order valence-electron chi connectivity index (χ4n) is 2.68. The monoisotopic (exact) mass is 305 g/mol. The Labute approximate surface area is 130 Å². The van der Waals surface area contributed by atoms with E-state index in [1.807, 2.05) is 4.90 Å². The molecule has 0 aliphatic carbocycles. The topological polar surface area (TPSA) is 84.7 Å². The predicted octanol–water partition coefficient (Wildman–Crippen LogP) is 0.763. The number of nitrogens with two attached hydrogens (primary N) is 1. The van der Waals surface area contributed by atoms with Crippen molar-refractivity contribution in [3.05, 3.63) is 29.8 Å². The Balaban J connectivity index is 1.82. The third kappa shape index (κ3) is 4.46. The minimum Gasteiger partial charge on any atom is -0.493 e. The lowest BCUT2D eigenvalue weighted by Crippen LogP contribution is -2.56. The SMILES string of the molecule is C[C@@H]1CN(C(=O)CCOc2cccc(C(N)=O)c2)C[C@@H](C)N1. The van der Waals surface area contributed by atoms with Crippen molar-refractivity contribution >= 4 is 11.8 Å². The van der Waals surface area contributed by atoms with Crippen molar-refractivity contribution in [2.24, 2.45) is 5.73 Å². The first-order chi connectivity index (χ1) is 10.5. The average Bonchev–Trinajstić information content (AvgIpc) is 2.46. The molecule has 0 spiro atoms. The molecule has 0 aromatic heterocycles. The first kappa shape index (κ1) is 16.3. The number of hydrogen-bond donors (Lipinski definition) is 2. The van der Waals surface area contributed by atoms with Gasteiger partial charge in [0.25, 0.3) is 0 Å². The number of nitrogens with zero attached hydrogens (tertiary/aromatic N) is 1. The van der Waals surface area contributed by atoms with E-state index in [9.17, 15) is 9.59 Å². The lowest BCUT2D eigenvalue weighted by molar-refractivity contribution is -0.133. The Morgan fingerprint density at radius 2 is 2.00 bits per heavy atom. The third-order valence-corrected chi connectivity index (χ3v) is 3.61. The third-order valence-electron chi connectivity index (χ3n) is 3.61. The lowest BCUT2D eigenvalue weighted by Gasteiger charge is -2.36. The second kappa shape index (κ2) is 7.26. The van der Waals surface area contributed by atoms with Gasteiger partial charge in [-0.25, -0.2) is 0 Å². The van der Waals surface area contributed by atoms with Crippen LogP contribution >= 0.6 is 0 Å². The summed E-state index contributed by atoms with van der Waals surface area (Å²) in [6, 6.07) is 7.27. The second-order valence-electron chi connectivity index (χ2n) is 5.76. The molecule has 0 saturated carbocycles. The molecule has 1 saturated heterocycles. The van der Waals surface area contributed by atoms with E-state index in [-0.39, 0.29) is 12.5 Å². The zero-order chi connectivity index (χ0) is 16.1. The summed E-state index contributed by atoms with van der Waals surface area (Å²) in [5, 5.41) is 3.39. The number of amides is 2. The number of nitrogens with one attached hydrogen (secondary N) is 1. The summed E-state index contributed by atoms with van der Waals surface area (Å²) in [5.41, 5.74) is 5.62. The van der Waals surface area contributed by atoms with Crippen LogP contribution in [0.5, 0.6) is 5.75 Å². The maximum Gasteiger partial charge on any atom is 0.248 e. The fourth-order valence-corrected chi connectivity index (χ4v) is 2.68. The van der Waals surface area contributed by atoms with Crippen LogP contribution in [0.4, 0.5) is 0 Å². The molecule has 6 nitrogen and oxygen atoms in total. The largest absolute Gasteiger partial charge is 0.493 e. The predicted molar refractivity (Wildman–Crippen MR) is 83.7 cm³/mol. The zero-order valence-corrected chi connectivity index (χ0v) is 13.0. The van der Waals surface area contributed by atoms with Crippen molar-refractivity contribution in [3.63, 3.8) is 0 Å². The summed E-state index contributed by atoms with van der Waals surface area (Å²) in [6.07, 6.45) is 0.320. The van der Waals surface area contributed by atoms with Crippen LogP contribution in [0.1, 0.15) is 30.6 Å². The van der Waals surface area contributed by atoms with E-state index in [0.29, 0.717) is 29.8 Å². The van der Waals surface area contributed by atoms with Gasteiger partial charge in [-0.1, -0.05) is 6.07 Å². The van der Waals surface area contributed by atoms with Gasteiger partial charge in [-0.3, -0.25) is 9.59 Å². The van der Waals surface area contributed by atoms with Crippen LogP contribution in [-0.4, -0.2) is 48.5 Å². The molecule has 2 atom stereocenters. The molecule has 1 heterocycles. The summed E-state index contributed by atoms with van der Waals surface area (Å²) in [5.74, 6) is 0.141. The molecule has 1 aromatic carbocycles. The number of hydrogen-bond acceptors (Lipinski definition) is 4. The van der Waals surface area contributed by atoms with E-state index in [0.717, 1.165) is 13.1 Å². The molecule has 1 aromatic rings. The average molecular weight is 305 g/mol. The van der Waals surface area contributed by atoms with Crippen LogP contribution in [0.15, 0.2) is 24.3 Å². The summed E-state index contributed by atoms with van der Waals surface area (Å²) >= 11 is 0. The van der Waals surface area contributed by atoms with Gasteiger partial charge >= 0.3 is 0 Å². The summed E-state index contributed by atoms with van der Waals surface area (Å²) in [4.78, 5) is 25.2. The molecule has 3 N–H and O–H groups in total. The summed E-state index contributed by atoms with van der Waals surface area (Å²) in [6.45, 7) is 5.87. The highest BCUT2D eigenvalue weighted by Gasteiger charge is 2.24. The normalized spacial score (nSPS) is 21.5. The minimum atomic E-state index is -0.495. The van der Waals surface area contributed by atoms with E-state index in [4.69, 9.17) is 10.5 Å². The number of piperazine rings is 1. The maximum atomic E-state index is 12.2. The van der Waals surface area contributed by atoms with Crippen LogP contribution < -0.4 is 15.8 Å². The van der Waals surface area contributed by atoms with E-state index in [1.165, 1.54) is 0 Å². The number of ether oxygens (including phenoxy) is 1. The van der Waals surface area contributed by atoms with Gasteiger partial charge in [0, 0.05) is 30.7 Å². The molecule has 1 fully saturated rings. The molecule has 120 valence electrons. The standard InChI is InChI=1S/C16H23N3O3/c1-11-9-19(10-12(2)18-11)15(20)6-7-22-14-5-3-4-13(8-14)16(17)21/h3-5,8,11-12,18H,6-7,9-10H2,1-2H3,(H2,17,21)/t11-,12-/m1/s1. The molecule has 22 heavy (non-hydrogen) atoms. The first-order valence-electron chi connectivity index (χ1n) is 7.52. The number of primary amides is 1. The highest BCUT2D eigenvalue weighted by Crippen LogP contribution is 2.13. The van der Waals surface area contributed by atoms with Crippen molar-refractivity contribution in [1.29, 1.82) is 0 Å². The van der Waals surface area contributed by atoms with E-state index < -0.39 is 5.91 Å². The zero-order valence-electron chi connectivity index (χ0n) is 13.0. The van der Waals surface area contributed by atoms with Crippen molar-refractivity contribution in [2.45, 2.75) is 32.4 Å². The molecule has 1 aliphatic heterocycles. The molecule has 2 amide bonds. The number of benzene rings is 1. The first-order valence-corrected chi connectivity index (χ1v) is 7.52. The van der Waals surface area contributed by atoms with Crippen molar-refractivity contribution in [2.75, 3.05) is 19.7 Å². The van der Waals surface area contributed by atoms with Crippen molar-refractivity contribution in [1.82, 2.24) is 10.2 Å². The van der Waals surface area contributed by atoms with Gasteiger partial charge in [-0.15, -0.1) is 0 Å². The Bertz CT molecular complexity index is 537. The second-order valence-corrected chi connectivity index (χ2v) is 5.76. The quantitative estimate of drug-likeness (QED) is 0.841. The van der Waals surface area contributed by atoms with Gasteiger partial charge in [-0.05, 0) is 32.0 Å². The molecule has 0 unspecified atom stereocenters. The Hall–Kier alpha value is -2.08. The molecular formula is C16H23N3O3. The van der Waals surface area contributed by atoms with Crippen molar-refractivity contribution < 1.29 is 14.3 Å². The maximum absolute atomic E-state index is 12.2. The highest BCUT2D eigenvalue weighted by atomic mass is 16.5. The molecule has 2 rings (SSSR count). The van der Waals surface area contributed by atoms with E-state index in [2.05, 4.69) is 19.2 Å². The number of carbonyl (C=O) groups is 2. The van der Waals surface area contributed by atoms with Gasteiger partial charge in [0.05, 0.1) is 13.0 Å². The molecule has 1 aliphatic rings. The van der Waals surface area contributed by atoms with Crippen LogP contribution in [0.3, 0.4) is 0 Å². The molecule has 6 heteroatoms. The minimum absolute atomic E-state index is 0.0891. The molecule has 0 bridgehead atoms. The van der Waals surface area contributed by atoms with Gasteiger partial charge in [0.15, 0.2) is 0 Å². The van der Waals surface area contributed by atoms with E-state index >= 15 is 0 Å². The fraction of sp³-hybridized carbons (Fsp3) is 0.500. The van der Waals surface area contributed by atoms with Gasteiger partial charge in [-0.2, -0.15) is 0 Å². The van der Waals surface area contributed by atoms with Crippen LogP contribution in [0.2, 0.25) is 0 Å². The van der Waals surface area contributed by atoms with Gasteiger partial charge < -0.3 is 20.7 Å². The van der Waals surface area contributed by atoms with E-state index in [1.54, 1.807) is 24.3 Å². The summed E-state index contributed by atoms with van der Waals surface area (Å²) < 4.78 is 5.54. The van der Waals surface area contributed by atoms with Crippen molar-refractivity contribution in [3.8, 4) is 5.75 Å². The van der Waals surface area contributed by atoms with Crippen LogP contribution in [0.25, 0.3) is 0 Å². The Morgan fingerprint density at radius 1 is 1.32 bits per heavy atom. The Morgan fingerprint density at radius 3 is 2.64 bits per heavy atom. The Kier molecular flexibility index (Phi) is 5.38.